The lowest BCUT2D eigenvalue weighted by molar-refractivity contribution is -0.132. The number of hydrogen-bond acceptors (Lipinski definition) is 5. The first-order chi connectivity index (χ1) is 16.0. The molecule has 1 fully saturated rings. The number of likely N-dealkylation sites (tertiary alicyclic amines) is 1. The molecule has 0 aliphatic carbocycles. The van der Waals surface area contributed by atoms with Crippen molar-refractivity contribution in [2.24, 2.45) is 0 Å². The van der Waals surface area contributed by atoms with E-state index in [9.17, 15) is 9.59 Å². The van der Waals surface area contributed by atoms with Gasteiger partial charge in [0, 0.05) is 42.4 Å². The number of piperidine rings is 1. The number of ether oxygens (including phenoxy) is 1. The summed E-state index contributed by atoms with van der Waals surface area (Å²) in [6, 6.07) is 13.4. The standard InChI is InChI=1S/C26H27N3O4/c1-16-19-10-9-18(32-2)14-23(19)33-26(31)20(16)11-12-24(30)29-13-5-6-17(15-29)25-27-21-7-3-4-8-22(21)28-25/h3-4,7-10,14,17H,5-6,11-13,15H2,1-2H3,(H,27,28)/t17-/m1/s1. The van der Waals surface area contributed by atoms with E-state index in [1.165, 1.54) is 0 Å². The van der Waals surface area contributed by atoms with Crippen LogP contribution in [0.5, 0.6) is 5.75 Å². The first kappa shape index (κ1) is 21.2. The fraction of sp³-hybridized carbons (Fsp3) is 0.346. The van der Waals surface area contributed by atoms with Gasteiger partial charge >= 0.3 is 5.63 Å². The molecule has 1 saturated heterocycles. The van der Waals surface area contributed by atoms with Crippen LogP contribution in [0.15, 0.2) is 51.7 Å². The van der Waals surface area contributed by atoms with Crippen LogP contribution in [0.25, 0.3) is 22.0 Å². The minimum absolute atomic E-state index is 0.0597. The summed E-state index contributed by atoms with van der Waals surface area (Å²) >= 11 is 0. The van der Waals surface area contributed by atoms with Crippen molar-refractivity contribution in [1.82, 2.24) is 14.9 Å². The van der Waals surface area contributed by atoms with Gasteiger partial charge in [-0.25, -0.2) is 9.78 Å². The van der Waals surface area contributed by atoms with Gasteiger partial charge in [0.2, 0.25) is 5.91 Å². The molecule has 0 bridgehead atoms. The third-order valence-electron chi connectivity index (χ3n) is 6.65. The van der Waals surface area contributed by atoms with E-state index in [1.807, 2.05) is 48.2 Å². The molecule has 0 radical (unpaired) electrons. The Morgan fingerprint density at radius 3 is 2.94 bits per heavy atom. The highest BCUT2D eigenvalue weighted by Crippen LogP contribution is 2.28. The lowest BCUT2D eigenvalue weighted by atomic mass is 9.96. The number of aromatic nitrogens is 2. The van der Waals surface area contributed by atoms with Crippen molar-refractivity contribution in [2.75, 3.05) is 20.2 Å². The molecule has 0 saturated carbocycles. The quantitative estimate of drug-likeness (QED) is 0.462. The number of nitrogens with one attached hydrogen (secondary N) is 1. The van der Waals surface area contributed by atoms with Gasteiger partial charge in [0.05, 0.1) is 18.1 Å². The molecule has 7 heteroatoms. The molecule has 5 rings (SSSR count). The number of fused-ring (bicyclic) bond motifs is 2. The van der Waals surface area contributed by atoms with E-state index in [0.717, 1.165) is 47.2 Å². The molecule has 0 spiro atoms. The van der Waals surface area contributed by atoms with Crippen molar-refractivity contribution in [3.05, 3.63) is 69.8 Å². The average Bonchev–Trinajstić information content (AvgIpc) is 3.28. The van der Waals surface area contributed by atoms with Gasteiger partial charge in [0.25, 0.3) is 0 Å². The number of methoxy groups -OCH3 is 1. The Morgan fingerprint density at radius 2 is 2.12 bits per heavy atom. The smallest absolute Gasteiger partial charge is 0.339 e. The van der Waals surface area contributed by atoms with E-state index in [0.29, 0.717) is 29.9 Å². The van der Waals surface area contributed by atoms with Crippen LogP contribution in [0.3, 0.4) is 0 Å². The van der Waals surface area contributed by atoms with E-state index in [1.54, 1.807) is 13.2 Å². The van der Waals surface area contributed by atoms with Crippen molar-refractivity contribution in [1.29, 1.82) is 0 Å². The molecule has 1 N–H and O–H groups in total. The predicted molar refractivity (Wildman–Crippen MR) is 127 cm³/mol. The highest BCUT2D eigenvalue weighted by Gasteiger charge is 2.27. The number of hydrogen-bond donors (Lipinski definition) is 1. The Hall–Kier alpha value is -3.61. The van der Waals surface area contributed by atoms with Crippen LogP contribution >= 0.6 is 0 Å². The van der Waals surface area contributed by atoms with Crippen LogP contribution < -0.4 is 10.4 Å². The van der Waals surface area contributed by atoms with Gasteiger partial charge < -0.3 is 19.0 Å². The summed E-state index contributed by atoms with van der Waals surface area (Å²) in [5.41, 5.74) is 3.50. The first-order valence-electron chi connectivity index (χ1n) is 11.4. The van der Waals surface area contributed by atoms with Crippen molar-refractivity contribution < 1.29 is 13.9 Å². The zero-order chi connectivity index (χ0) is 22.9. The number of para-hydroxylation sites is 2. The van der Waals surface area contributed by atoms with Gasteiger partial charge in [-0.15, -0.1) is 0 Å². The molecule has 170 valence electrons. The average molecular weight is 446 g/mol. The maximum atomic E-state index is 13.0. The summed E-state index contributed by atoms with van der Waals surface area (Å²) in [6.07, 6.45) is 2.58. The van der Waals surface area contributed by atoms with Crippen LogP contribution in [0, 0.1) is 6.92 Å². The Bertz CT molecular complexity index is 1350. The number of benzene rings is 2. The van der Waals surface area contributed by atoms with Crippen LogP contribution in [0.2, 0.25) is 0 Å². The number of amides is 1. The van der Waals surface area contributed by atoms with E-state index in [2.05, 4.69) is 4.98 Å². The molecule has 1 aliphatic heterocycles. The van der Waals surface area contributed by atoms with Crippen LogP contribution in [0.1, 0.15) is 42.1 Å². The highest BCUT2D eigenvalue weighted by molar-refractivity contribution is 5.83. The SMILES string of the molecule is COc1ccc2c(C)c(CCC(=O)N3CCC[C@@H](c4nc5ccccc5[nH]4)C3)c(=O)oc2c1. The minimum Gasteiger partial charge on any atom is -0.497 e. The second-order valence-electron chi connectivity index (χ2n) is 8.67. The fourth-order valence-electron chi connectivity index (χ4n) is 4.77. The topological polar surface area (TPSA) is 88.4 Å². The fourth-order valence-corrected chi connectivity index (χ4v) is 4.77. The van der Waals surface area contributed by atoms with Gasteiger partial charge in [-0.05, 0) is 56.0 Å². The van der Waals surface area contributed by atoms with Crippen molar-refractivity contribution in [2.45, 2.75) is 38.5 Å². The molecule has 2 aromatic heterocycles. The summed E-state index contributed by atoms with van der Waals surface area (Å²) in [5, 5.41) is 0.862. The maximum absolute atomic E-state index is 13.0. The zero-order valence-electron chi connectivity index (χ0n) is 18.9. The highest BCUT2D eigenvalue weighted by atomic mass is 16.5. The minimum atomic E-state index is -0.389. The van der Waals surface area contributed by atoms with Gasteiger partial charge in [-0.1, -0.05) is 12.1 Å². The Labute approximate surface area is 191 Å². The summed E-state index contributed by atoms with van der Waals surface area (Å²) in [5.74, 6) is 1.83. The number of aromatic amines is 1. The lowest BCUT2D eigenvalue weighted by Gasteiger charge is -2.32. The van der Waals surface area contributed by atoms with E-state index in [-0.39, 0.29) is 23.9 Å². The number of nitrogens with zero attached hydrogens (tertiary/aromatic N) is 2. The third kappa shape index (κ3) is 4.11. The zero-order valence-corrected chi connectivity index (χ0v) is 18.9. The molecule has 1 amide bonds. The van der Waals surface area contributed by atoms with Crippen molar-refractivity contribution >= 4 is 27.9 Å². The van der Waals surface area contributed by atoms with Crippen LogP contribution in [-0.4, -0.2) is 41.0 Å². The molecule has 33 heavy (non-hydrogen) atoms. The number of carbonyl (C=O) groups is 1. The third-order valence-corrected chi connectivity index (χ3v) is 6.65. The molecule has 7 nitrogen and oxygen atoms in total. The van der Waals surface area contributed by atoms with Gasteiger partial charge in [-0.3, -0.25) is 4.79 Å². The molecule has 1 atom stereocenters. The Kier molecular flexibility index (Phi) is 5.62. The second kappa shape index (κ2) is 8.73. The predicted octanol–water partition coefficient (Wildman–Crippen LogP) is 4.33. The number of rotatable bonds is 5. The second-order valence-corrected chi connectivity index (χ2v) is 8.67. The summed E-state index contributed by atoms with van der Waals surface area (Å²) in [6.45, 7) is 3.29. The summed E-state index contributed by atoms with van der Waals surface area (Å²) in [4.78, 5) is 35.7. The molecule has 1 aliphatic rings. The van der Waals surface area contributed by atoms with Crippen molar-refractivity contribution in [3.8, 4) is 5.75 Å². The monoisotopic (exact) mass is 445 g/mol. The van der Waals surface area contributed by atoms with Gasteiger partial charge in [-0.2, -0.15) is 0 Å². The Balaban J connectivity index is 1.29. The van der Waals surface area contributed by atoms with Crippen LogP contribution in [0.4, 0.5) is 0 Å². The van der Waals surface area contributed by atoms with E-state index < -0.39 is 0 Å². The molecule has 4 aromatic rings. The van der Waals surface area contributed by atoms with Gasteiger partial charge in [0.15, 0.2) is 0 Å². The number of imidazole rings is 1. The molecular formula is C26H27N3O4. The summed E-state index contributed by atoms with van der Waals surface area (Å²) in [7, 11) is 1.57. The number of aryl methyl sites for hydroxylation is 1. The summed E-state index contributed by atoms with van der Waals surface area (Å²) < 4.78 is 10.7. The molecule has 0 unspecified atom stereocenters. The van der Waals surface area contributed by atoms with E-state index in [4.69, 9.17) is 14.1 Å². The normalized spacial score (nSPS) is 16.4. The maximum Gasteiger partial charge on any atom is 0.339 e. The number of carbonyl (C=O) groups excluding carboxylic acids is 1. The lowest BCUT2D eigenvalue weighted by Crippen LogP contribution is -2.39. The number of H-pyrrole nitrogens is 1. The van der Waals surface area contributed by atoms with Crippen molar-refractivity contribution in [3.63, 3.8) is 0 Å². The molecule has 3 heterocycles. The van der Waals surface area contributed by atoms with Crippen LogP contribution in [-0.2, 0) is 11.2 Å². The molecular weight excluding hydrogens is 418 g/mol. The largest absolute Gasteiger partial charge is 0.497 e. The first-order valence-corrected chi connectivity index (χ1v) is 11.4. The van der Waals surface area contributed by atoms with E-state index >= 15 is 0 Å². The molecule has 2 aromatic carbocycles. The Morgan fingerprint density at radius 1 is 1.27 bits per heavy atom. The van der Waals surface area contributed by atoms with Gasteiger partial charge in [0.1, 0.15) is 17.2 Å².